The maximum atomic E-state index is 11.6. The van der Waals surface area contributed by atoms with Crippen molar-refractivity contribution in [1.82, 2.24) is 9.88 Å². The largest absolute Gasteiger partial charge is 0.464 e. The number of hydrogen-bond acceptors (Lipinski definition) is 4. The molecule has 1 amide bonds. The first-order chi connectivity index (χ1) is 19.2. The molecule has 0 spiro atoms. The zero-order valence-electron chi connectivity index (χ0n) is 22.2. The third-order valence-corrected chi connectivity index (χ3v) is 6.13. The lowest BCUT2D eigenvalue weighted by atomic mass is 10.2. The van der Waals surface area contributed by atoms with Gasteiger partial charge >= 0.3 is 12.1 Å². The van der Waals surface area contributed by atoms with E-state index in [-0.39, 0.29) is 13.2 Å². The van der Waals surface area contributed by atoms with Crippen LogP contribution in [0.2, 0.25) is 0 Å². The highest BCUT2D eigenvalue weighted by Gasteiger charge is 2.11. The molecule has 6 heteroatoms. The van der Waals surface area contributed by atoms with Gasteiger partial charge in [0.1, 0.15) is 6.54 Å². The van der Waals surface area contributed by atoms with Crippen LogP contribution in [0.4, 0.5) is 4.79 Å². The van der Waals surface area contributed by atoms with Gasteiger partial charge in [0.25, 0.3) is 0 Å². The Balaban J connectivity index is 1.20. The standard InChI is InChI=1S/C33H32N2O4/c1-2-3-23-38-32(36)25-34-33(37)39-24-13-7-5-4-6-8-14-26-19-21-27(22-20-26)35-30-17-11-9-15-28(30)29-16-10-12-18-31(29)35/h9-12,15-22H,2-3,5,7,13,23-25H2,1H3,(H,34,37). The second kappa shape index (κ2) is 14.3. The van der Waals surface area contributed by atoms with Crippen LogP contribution in [0, 0.1) is 23.7 Å². The Labute approximate surface area is 229 Å². The van der Waals surface area contributed by atoms with Crippen molar-refractivity contribution in [3.63, 3.8) is 0 Å². The highest BCUT2D eigenvalue weighted by molar-refractivity contribution is 6.09. The van der Waals surface area contributed by atoms with Crippen molar-refractivity contribution >= 4 is 33.9 Å². The maximum absolute atomic E-state index is 11.6. The van der Waals surface area contributed by atoms with Gasteiger partial charge in [-0.3, -0.25) is 4.79 Å². The van der Waals surface area contributed by atoms with E-state index >= 15 is 0 Å². The van der Waals surface area contributed by atoms with Gasteiger partial charge in [0.15, 0.2) is 0 Å². The molecule has 0 aliphatic carbocycles. The average Bonchev–Trinajstić information content (AvgIpc) is 3.30. The molecule has 0 saturated carbocycles. The van der Waals surface area contributed by atoms with Gasteiger partial charge in [-0.15, -0.1) is 0 Å². The zero-order valence-corrected chi connectivity index (χ0v) is 22.2. The molecule has 198 valence electrons. The fourth-order valence-electron chi connectivity index (χ4n) is 4.16. The van der Waals surface area contributed by atoms with Crippen LogP contribution < -0.4 is 5.32 Å². The van der Waals surface area contributed by atoms with Crippen LogP contribution in [0.25, 0.3) is 27.5 Å². The summed E-state index contributed by atoms with van der Waals surface area (Å²) in [7, 11) is 0. The number of nitrogens with one attached hydrogen (secondary N) is 1. The first kappa shape index (κ1) is 27.4. The second-order valence-electron chi connectivity index (χ2n) is 8.99. The van der Waals surface area contributed by atoms with Gasteiger partial charge in [-0.05, 0) is 67.5 Å². The molecular weight excluding hydrogens is 488 g/mol. The number of carbonyl (C=O) groups excluding carboxylic acids is 2. The Morgan fingerprint density at radius 2 is 1.46 bits per heavy atom. The summed E-state index contributed by atoms with van der Waals surface area (Å²) in [6, 6.07) is 25.1. The number of hydrogen-bond donors (Lipinski definition) is 1. The zero-order chi connectivity index (χ0) is 27.3. The summed E-state index contributed by atoms with van der Waals surface area (Å²) < 4.78 is 12.3. The van der Waals surface area contributed by atoms with Crippen LogP contribution in [0.15, 0.2) is 72.8 Å². The summed E-state index contributed by atoms with van der Waals surface area (Å²) in [6.07, 6.45) is 3.26. The molecule has 0 atom stereocenters. The molecule has 0 fully saturated rings. The van der Waals surface area contributed by atoms with Crippen molar-refractivity contribution in [2.45, 2.75) is 39.0 Å². The molecule has 0 radical (unpaired) electrons. The summed E-state index contributed by atoms with van der Waals surface area (Å²) in [6.45, 7) is 2.46. The Kier molecular flexibility index (Phi) is 10.0. The number of benzene rings is 3. The Morgan fingerprint density at radius 1 is 0.795 bits per heavy atom. The van der Waals surface area contributed by atoms with E-state index in [0.717, 1.165) is 30.5 Å². The number of nitrogens with zero attached hydrogens (tertiary/aromatic N) is 1. The molecule has 1 N–H and O–H groups in total. The van der Waals surface area contributed by atoms with Crippen molar-refractivity contribution in [2.24, 2.45) is 0 Å². The van der Waals surface area contributed by atoms with Gasteiger partial charge in [0, 0.05) is 28.4 Å². The van der Waals surface area contributed by atoms with Crippen LogP contribution in [0.3, 0.4) is 0 Å². The van der Waals surface area contributed by atoms with Crippen LogP contribution in [0.1, 0.15) is 44.6 Å². The fraction of sp³-hybridized carbons (Fsp3) is 0.273. The van der Waals surface area contributed by atoms with Crippen LogP contribution >= 0.6 is 0 Å². The third kappa shape index (κ3) is 7.66. The van der Waals surface area contributed by atoms with E-state index in [1.165, 1.54) is 21.8 Å². The predicted octanol–water partition coefficient (Wildman–Crippen LogP) is 6.38. The normalized spacial score (nSPS) is 10.3. The van der Waals surface area contributed by atoms with E-state index in [1.54, 1.807) is 0 Å². The summed E-state index contributed by atoms with van der Waals surface area (Å²) >= 11 is 0. The van der Waals surface area contributed by atoms with Gasteiger partial charge in [-0.2, -0.15) is 0 Å². The van der Waals surface area contributed by atoms with Crippen molar-refractivity contribution in [2.75, 3.05) is 19.8 Å². The number of ether oxygens (including phenoxy) is 2. The SMILES string of the molecule is CCCCOC(=O)CNC(=O)OCCCCC#CC#Cc1ccc(-n2c3ccccc3c3ccccc32)cc1. The molecule has 0 bridgehead atoms. The van der Waals surface area contributed by atoms with Gasteiger partial charge in [-0.1, -0.05) is 61.6 Å². The molecule has 39 heavy (non-hydrogen) atoms. The van der Waals surface area contributed by atoms with Crippen molar-refractivity contribution < 1.29 is 19.1 Å². The minimum absolute atomic E-state index is 0.185. The second-order valence-corrected chi connectivity index (χ2v) is 8.99. The number of rotatable bonds is 10. The van der Waals surface area contributed by atoms with Crippen LogP contribution in [-0.4, -0.2) is 36.4 Å². The summed E-state index contributed by atoms with van der Waals surface area (Å²) in [4.78, 5) is 23.0. The monoisotopic (exact) mass is 520 g/mol. The van der Waals surface area contributed by atoms with Crippen molar-refractivity contribution in [3.8, 4) is 29.4 Å². The lowest BCUT2D eigenvalue weighted by Crippen LogP contribution is -2.31. The number of aromatic nitrogens is 1. The molecule has 1 aromatic heterocycles. The van der Waals surface area contributed by atoms with E-state index in [2.05, 4.69) is 94.2 Å². The molecule has 0 unspecified atom stereocenters. The van der Waals surface area contributed by atoms with Crippen molar-refractivity contribution in [1.29, 1.82) is 0 Å². The molecule has 1 heterocycles. The van der Waals surface area contributed by atoms with E-state index in [4.69, 9.17) is 9.47 Å². The highest BCUT2D eigenvalue weighted by Crippen LogP contribution is 2.31. The number of unbranched alkanes of at least 4 members (excludes halogenated alkanes) is 3. The van der Waals surface area contributed by atoms with Gasteiger partial charge in [0.2, 0.25) is 0 Å². The molecule has 0 aliphatic rings. The Bertz CT molecular complexity index is 1490. The minimum Gasteiger partial charge on any atom is -0.464 e. The van der Waals surface area contributed by atoms with Gasteiger partial charge in [-0.25, -0.2) is 4.79 Å². The lowest BCUT2D eigenvalue weighted by Gasteiger charge is -2.07. The number of esters is 1. The summed E-state index contributed by atoms with van der Waals surface area (Å²) in [5.41, 5.74) is 4.35. The third-order valence-electron chi connectivity index (χ3n) is 6.13. The van der Waals surface area contributed by atoms with Gasteiger partial charge < -0.3 is 19.4 Å². The van der Waals surface area contributed by atoms with Gasteiger partial charge in [0.05, 0.1) is 24.2 Å². The van der Waals surface area contributed by atoms with Crippen molar-refractivity contribution in [3.05, 3.63) is 78.4 Å². The number of carbonyl (C=O) groups is 2. The first-order valence-electron chi connectivity index (χ1n) is 13.3. The summed E-state index contributed by atoms with van der Waals surface area (Å²) in [5.74, 6) is 11.5. The molecule has 4 aromatic rings. The summed E-state index contributed by atoms with van der Waals surface area (Å²) in [5, 5.41) is 4.86. The van der Waals surface area contributed by atoms with Crippen LogP contribution in [-0.2, 0) is 14.3 Å². The molecule has 6 nitrogen and oxygen atoms in total. The topological polar surface area (TPSA) is 69.6 Å². The predicted molar refractivity (Wildman–Crippen MR) is 155 cm³/mol. The molecular formula is C33H32N2O4. The lowest BCUT2D eigenvalue weighted by molar-refractivity contribution is -0.142. The Hall–Kier alpha value is -4.68. The quantitative estimate of drug-likeness (QED) is 0.150. The maximum Gasteiger partial charge on any atom is 0.407 e. The van der Waals surface area contributed by atoms with E-state index in [0.29, 0.717) is 19.4 Å². The molecule has 0 saturated heterocycles. The van der Waals surface area contributed by atoms with E-state index in [1.807, 2.05) is 19.1 Å². The Morgan fingerprint density at radius 3 is 2.15 bits per heavy atom. The molecule has 4 rings (SSSR count). The molecule has 0 aliphatic heterocycles. The average molecular weight is 521 g/mol. The first-order valence-corrected chi connectivity index (χ1v) is 13.3. The number of para-hydroxylation sites is 2. The van der Waals surface area contributed by atoms with E-state index < -0.39 is 12.1 Å². The number of alkyl carbamates (subject to hydrolysis) is 1. The minimum atomic E-state index is -0.622. The smallest absolute Gasteiger partial charge is 0.407 e. The van der Waals surface area contributed by atoms with Crippen LogP contribution in [0.5, 0.6) is 0 Å². The number of amides is 1. The van der Waals surface area contributed by atoms with E-state index in [9.17, 15) is 9.59 Å². The number of fused-ring (bicyclic) bond motifs is 3. The molecule has 3 aromatic carbocycles. The fourth-order valence-corrected chi connectivity index (χ4v) is 4.16. The highest BCUT2D eigenvalue weighted by atomic mass is 16.6.